The highest BCUT2D eigenvalue weighted by molar-refractivity contribution is 5.88. The summed E-state index contributed by atoms with van der Waals surface area (Å²) in [5.74, 6) is -4.69. The van der Waals surface area contributed by atoms with Crippen LogP contribution in [-0.4, -0.2) is 34.2 Å². The SMILES string of the molecule is C=C(C)C(=O)OC(O)(OC(=O)C(=C)C)C(O)CCCCC. The van der Waals surface area contributed by atoms with E-state index >= 15 is 0 Å². The van der Waals surface area contributed by atoms with Crippen molar-refractivity contribution >= 4 is 11.9 Å². The summed E-state index contributed by atoms with van der Waals surface area (Å²) in [6.07, 6.45) is 0.848. The topological polar surface area (TPSA) is 93.1 Å². The molecular weight excluding hydrogens is 276 g/mol. The number of esters is 2. The largest absolute Gasteiger partial charge is 0.401 e. The molecule has 0 aliphatic rings. The van der Waals surface area contributed by atoms with Gasteiger partial charge in [0.1, 0.15) is 0 Å². The zero-order chi connectivity index (χ0) is 16.6. The van der Waals surface area contributed by atoms with Crippen LogP contribution >= 0.6 is 0 Å². The Morgan fingerprint density at radius 2 is 1.52 bits per heavy atom. The monoisotopic (exact) mass is 300 g/mol. The molecular formula is C15H24O6. The third kappa shape index (κ3) is 6.55. The lowest BCUT2D eigenvalue weighted by Gasteiger charge is -2.31. The minimum absolute atomic E-state index is 0.000516. The molecule has 1 unspecified atom stereocenters. The fourth-order valence-corrected chi connectivity index (χ4v) is 1.37. The molecule has 6 heteroatoms. The van der Waals surface area contributed by atoms with Crippen molar-refractivity contribution in [2.45, 2.75) is 58.5 Å². The fraction of sp³-hybridized carbons (Fsp3) is 0.600. The summed E-state index contributed by atoms with van der Waals surface area (Å²) < 4.78 is 9.39. The Labute approximate surface area is 125 Å². The number of rotatable bonds is 9. The normalized spacial score (nSPS) is 12.4. The molecule has 0 aliphatic carbocycles. The molecule has 0 aromatic carbocycles. The molecule has 6 nitrogen and oxygen atoms in total. The summed E-state index contributed by atoms with van der Waals surface area (Å²) >= 11 is 0. The van der Waals surface area contributed by atoms with Crippen LogP contribution in [0.5, 0.6) is 0 Å². The molecule has 0 saturated carbocycles. The van der Waals surface area contributed by atoms with Gasteiger partial charge in [-0.1, -0.05) is 39.3 Å². The summed E-state index contributed by atoms with van der Waals surface area (Å²) in [6, 6.07) is 0. The Kier molecular flexibility index (Phi) is 7.91. The van der Waals surface area contributed by atoms with Crippen molar-refractivity contribution in [3.63, 3.8) is 0 Å². The van der Waals surface area contributed by atoms with Crippen molar-refractivity contribution < 1.29 is 29.3 Å². The standard InChI is InChI=1S/C15H24O6/c1-6-7-8-9-12(16)15(19,20-13(17)10(2)3)21-14(18)11(4)5/h12,16,19H,2,4,6-9H2,1,3,5H3. The Morgan fingerprint density at radius 1 is 1.10 bits per heavy atom. The number of hydrogen-bond acceptors (Lipinski definition) is 6. The number of carbonyl (C=O) groups is 2. The minimum atomic E-state index is -2.75. The van der Waals surface area contributed by atoms with Crippen molar-refractivity contribution in [1.82, 2.24) is 0 Å². The first-order chi connectivity index (χ1) is 9.64. The zero-order valence-corrected chi connectivity index (χ0v) is 12.8. The highest BCUT2D eigenvalue weighted by atomic mass is 16.8. The van der Waals surface area contributed by atoms with E-state index in [4.69, 9.17) is 9.47 Å². The van der Waals surface area contributed by atoms with E-state index in [0.29, 0.717) is 6.42 Å². The highest BCUT2D eigenvalue weighted by Gasteiger charge is 2.44. The molecule has 0 heterocycles. The first-order valence-corrected chi connectivity index (χ1v) is 6.82. The third-order valence-electron chi connectivity index (χ3n) is 2.68. The van der Waals surface area contributed by atoms with E-state index in [0.717, 1.165) is 12.8 Å². The van der Waals surface area contributed by atoms with Gasteiger partial charge in [0.25, 0.3) is 0 Å². The first kappa shape index (κ1) is 19.3. The average molecular weight is 300 g/mol. The van der Waals surface area contributed by atoms with E-state index in [2.05, 4.69) is 13.2 Å². The second-order valence-corrected chi connectivity index (χ2v) is 4.98. The van der Waals surface area contributed by atoms with Crippen LogP contribution in [0.2, 0.25) is 0 Å². The summed E-state index contributed by atoms with van der Waals surface area (Å²) in [5.41, 5.74) is 0.00103. The van der Waals surface area contributed by atoms with Crippen molar-refractivity contribution in [3.8, 4) is 0 Å². The molecule has 21 heavy (non-hydrogen) atoms. The van der Waals surface area contributed by atoms with Gasteiger partial charge in [0, 0.05) is 11.1 Å². The van der Waals surface area contributed by atoms with Gasteiger partial charge >= 0.3 is 17.9 Å². The molecule has 0 aromatic heterocycles. The van der Waals surface area contributed by atoms with Crippen LogP contribution in [0.15, 0.2) is 24.3 Å². The van der Waals surface area contributed by atoms with E-state index in [1.807, 2.05) is 6.92 Å². The molecule has 120 valence electrons. The molecule has 0 radical (unpaired) electrons. The second kappa shape index (κ2) is 8.59. The van der Waals surface area contributed by atoms with E-state index in [1.54, 1.807) is 0 Å². The van der Waals surface area contributed by atoms with Gasteiger partial charge in [-0.15, -0.1) is 0 Å². The molecule has 0 amide bonds. The second-order valence-electron chi connectivity index (χ2n) is 4.98. The molecule has 0 aromatic rings. The smallest absolute Gasteiger partial charge is 0.393 e. The van der Waals surface area contributed by atoms with E-state index in [1.165, 1.54) is 13.8 Å². The molecule has 1 atom stereocenters. The quantitative estimate of drug-likeness (QED) is 0.292. The molecule has 0 saturated heterocycles. The van der Waals surface area contributed by atoms with Gasteiger partial charge in [0.05, 0.1) is 0 Å². The number of aliphatic hydroxyl groups is 2. The van der Waals surface area contributed by atoms with Crippen molar-refractivity contribution in [3.05, 3.63) is 24.3 Å². The molecule has 0 bridgehead atoms. The lowest BCUT2D eigenvalue weighted by molar-refractivity contribution is -0.359. The van der Waals surface area contributed by atoms with Gasteiger partial charge < -0.3 is 19.7 Å². The van der Waals surface area contributed by atoms with E-state index in [-0.39, 0.29) is 17.6 Å². The number of unbranched alkanes of at least 4 members (excludes halogenated alkanes) is 2. The summed E-state index contributed by atoms with van der Waals surface area (Å²) in [4.78, 5) is 23.1. The Morgan fingerprint density at radius 3 is 1.86 bits per heavy atom. The number of carbonyl (C=O) groups excluding carboxylic acids is 2. The number of hydrogen-bond donors (Lipinski definition) is 2. The lowest BCUT2D eigenvalue weighted by Crippen LogP contribution is -2.50. The van der Waals surface area contributed by atoms with Gasteiger partial charge in [0.15, 0.2) is 6.10 Å². The summed E-state index contributed by atoms with van der Waals surface area (Å²) in [5, 5.41) is 20.2. The van der Waals surface area contributed by atoms with Crippen LogP contribution in [0.3, 0.4) is 0 Å². The van der Waals surface area contributed by atoms with Crippen molar-refractivity contribution in [2.24, 2.45) is 0 Å². The van der Waals surface area contributed by atoms with Crippen LogP contribution in [-0.2, 0) is 19.1 Å². The van der Waals surface area contributed by atoms with Crippen molar-refractivity contribution in [1.29, 1.82) is 0 Å². The fourth-order valence-electron chi connectivity index (χ4n) is 1.37. The third-order valence-corrected chi connectivity index (χ3v) is 2.68. The molecule has 0 aliphatic heterocycles. The van der Waals surface area contributed by atoms with Gasteiger partial charge in [0.2, 0.25) is 0 Å². The Balaban J connectivity index is 5.04. The Hall–Kier alpha value is -1.66. The van der Waals surface area contributed by atoms with Crippen LogP contribution in [0.25, 0.3) is 0 Å². The van der Waals surface area contributed by atoms with Crippen LogP contribution in [0.4, 0.5) is 0 Å². The Bertz CT molecular complexity index is 384. The molecule has 2 N–H and O–H groups in total. The van der Waals surface area contributed by atoms with Crippen LogP contribution in [0, 0.1) is 0 Å². The predicted molar refractivity (Wildman–Crippen MR) is 76.9 cm³/mol. The number of ether oxygens (including phenoxy) is 2. The molecule has 0 fully saturated rings. The maximum Gasteiger partial charge on any atom is 0.401 e. The van der Waals surface area contributed by atoms with E-state index in [9.17, 15) is 19.8 Å². The maximum absolute atomic E-state index is 11.5. The highest BCUT2D eigenvalue weighted by Crippen LogP contribution is 2.22. The van der Waals surface area contributed by atoms with E-state index < -0.39 is 24.0 Å². The summed E-state index contributed by atoms with van der Waals surface area (Å²) in [6.45, 7) is 11.4. The molecule has 0 rings (SSSR count). The summed E-state index contributed by atoms with van der Waals surface area (Å²) in [7, 11) is 0. The van der Waals surface area contributed by atoms with Crippen molar-refractivity contribution in [2.75, 3.05) is 0 Å². The maximum atomic E-state index is 11.5. The average Bonchev–Trinajstić information content (AvgIpc) is 2.38. The molecule has 0 spiro atoms. The first-order valence-electron chi connectivity index (χ1n) is 6.82. The van der Waals surface area contributed by atoms with Crippen LogP contribution < -0.4 is 0 Å². The van der Waals surface area contributed by atoms with Gasteiger partial charge in [-0.25, -0.2) is 9.59 Å². The van der Waals surface area contributed by atoms with Crippen LogP contribution in [0.1, 0.15) is 46.5 Å². The minimum Gasteiger partial charge on any atom is -0.393 e. The van der Waals surface area contributed by atoms with Gasteiger partial charge in [-0.3, -0.25) is 0 Å². The lowest BCUT2D eigenvalue weighted by atomic mass is 10.1. The number of aliphatic hydroxyl groups excluding tert-OH is 1. The van der Waals surface area contributed by atoms with Gasteiger partial charge in [-0.2, -0.15) is 0 Å². The van der Waals surface area contributed by atoms with Gasteiger partial charge in [-0.05, 0) is 20.3 Å². The predicted octanol–water partition coefficient (Wildman–Crippen LogP) is 1.81. The zero-order valence-electron chi connectivity index (χ0n) is 12.8.